The summed E-state index contributed by atoms with van der Waals surface area (Å²) in [5, 5.41) is 67.7. The Hall–Kier alpha value is -1.36. The molecule has 4 aliphatic carbocycles. The van der Waals surface area contributed by atoms with Crippen LogP contribution in [0.3, 0.4) is 0 Å². The summed E-state index contributed by atoms with van der Waals surface area (Å²) in [5.74, 6) is -2.86. The molecule has 1 aliphatic heterocycles. The Balaban J connectivity index is 1.50. The van der Waals surface area contributed by atoms with Crippen LogP contribution in [0.25, 0.3) is 0 Å². The summed E-state index contributed by atoms with van der Waals surface area (Å²) in [7, 11) is 0. The van der Waals surface area contributed by atoms with E-state index in [1.54, 1.807) is 19.9 Å². The van der Waals surface area contributed by atoms with Crippen molar-refractivity contribution in [3.8, 4) is 0 Å². The normalized spacial score (nSPS) is 52.8. The average Bonchev–Trinajstić information content (AvgIpc) is 3.26. The molecule has 6 N–H and O–H groups in total. The maximum absolute atomic E-state index is 13.4. The number of fused-ring (bicyclic) bond motifs is 5. The van der Waals surface area contributed by atoms with Crippen molar-refractivity contribution in [3.63, 3.8) is 0 Å². The van der Waals surface area contributed by atoms with Crippen molar-refractivity contribution in [1.29, 1.82) is 0 Å². The Morgan fingerprint density at radius 2 is 1.76 bits per heavy atom. The monoisotopic (exact) mass is 536 g/mol. The van der Waals surface area contributed by atoms with Gasteiger partial charge in [-0.25, -0.2) is 0 Å². The van der Waals surface area contributed by atoms with E-state index in [-0.39, 0.29) is 37.4 Å². The summed E-state index contributed by atoms with van der Waals surface area (Å²) in [6.45, 7) is 8.59. The third-order valence-corrected chi connectivity index (χ3v) is 12.1. The van der Waals surface area contributed by atoms with E-state index in [1.807, 2.05) is 13.8 Å². The highest BCUT2D eigenvalue weighted by atomic mass is 16.6. The quantitative estimate of drug-likeness (QED) is 0.288. The molecule has 5 rings (SSSR count). The van der Waals surface area contributed by atoms with Gasteiger partial charge in [0, 0.05) is 11.3 Å². The third kappa shape index (κ3) is 3.38. The summed E-state index contributed by atoms with van der Waals surface area (Å²) in [6, 6.07) is 0. The first kappa shape index (κ1) is 28.2. The zero-order chi connectivity index (χ0) is 28.2. The van der Waals surface area contributed by atoms with Crippen molar-refractivity contribution >= 4 is 11.8 Å². The lowest BCUT2D eigenvalue weighted by atomic mass is 9.45. The highest BCUT2D eigenvalue weighted by molar-refractivity contribution is 5.95. The van der Waals surface area contributed by atoms with Gasteiger partial charge in [-0.15, -0.1) is 0 Å². The van der Waals surface area contributed by atoms with E-state index in [0.717, 1.165) is 0 Å². The Bertz CT molecular complexity index is 1050. The van der Waals surface area contributed by atoms with Crippen molar-refractivity contribution < 1.29 is 45.0 Å². The second kappa shape index (κ2) is 8.57. The van der Waals surface area contributed by atoms with Crippen molar-refractivity contribution in [2.75, 3.05) is 0 Å². The largest absolute Gasteiger partial charge is 0.456 e. The highest BCUT2D eigenvalue weighted by Crippen LogP contribution is 2.68. The van der Waals surface area contributed by atoms with Crippen LogP contribution in [0.5, 0.6) is 0 Å². The van der Waals surface area contributed by atoms with E-state index in [2.05, 4.69) is 0 Å². The summed E-state index contributed by atoms with van der Waals surface area (Å²) in [5.41, 5.74) is -5.77. The first-order valence-electron chi connectivity index (χ1n) is 14.2. The number of hydrogen-bond acceptors (Lipinski definition) is 9. The number of rotatable bonds is 4. The van der Waals surface area contributed by atoms with E-state index in [0.29, 0.717) is 24.8 Å². The van der Waals surface area contributed by atoms with Crippen LogP contribution >= 0.6 is 0 Å². The Morgan fingerprint density at radius 1 is 1.11 bits per heavy atom. The number of cyclic esters (lactones) is 1. The smallest absolute Gasteiger partial charge is 0.312 e. The molecule has 13 atom stereocenters. The van der Waals surface area contributed by atoms with Crippen molar-refractivity contribution in [2.24, 2.45) is 34.5 Å². The van der Waals surface area contributed by atoms with E-state index >= 15 is 0 Å². The van der Waals surface area contributed by atoms with Gasteiger partial charge in [-0.1, -0.05) is 20.8 Å². The van der Waals surface area contributed by atoms with Gasteiger partial charge >= 0.3 is 5.97 Å². The predicted octanol–water partition coefficient (Wildman–Crippen LogP) is 1.01. The maximum Gasteiger partial charge on any atom is 0.312 e. The molecular weight excluding hydrogens is 492 g/mol. The number of carbonyl (C=O) groups is 2. The molecular formula is C29H44O9. The maximum atomic E-state index is 13.4. The fourth-order valence-corrected chi connectivity index (χ4v) is 9.45. The molecule has 1 saturated heterocycles. The molecule has 4 fully saturated rings. The van der Waals surface area contributed by atoms with Crippen LogP contribution in [0.2, 0.25) is 0 Å². The Morgan fingerprint density at radius 3 is 2.39 bits per heavy atom. The van der Waals surface area contributed by atoms with Crippen LogP contribution in [0.15, 0.2) is 11.6 Å². The number of aliphatic hydroxyl groups excluding tert-OH is 3. The standard InChI is InChI=1S/C29H44O9/c1-6-28(36)14(2)24(34)38-23(28)22(33)27(5,35)21-8-10-29(37)16-11-18(30)17-12-19(31)20(32)13-25(17,3)15(16)7-9-26(21,29)4/h11,14-15,17,19-23,31-33,35-37H,6-10,12-13H2,1-5H3/t14?,15-,17-,19+,20-,21-,22?,23?,25+,26+,27+,28?,29+/m0/s1. The zero-order valence-corrected chi connectivity index (χ0v) is 23.1. The van der Waals surface area contributed by atoms with E-state index in [9.17, 15) is 40.2 Å². The molecule has 4 unspecified atom stereocenters. The molecule has 0 bridgehead atoms. The third-order valence-electron chi connectivity index (χ3n) is 12.1. The minimum atomic E-state index is -1.82. The van der Waals surface area contributed by atoms with Gasteiger partial charge in [0.2, 0.25) is 0 Å². The minimum absolute atomic E-state index is 0.153. The lowest BCUT2D eigenvalue weighted by Gasteiger charge is -2.60. The summed E-state index contributed by atoms with van der Waals surface area (Å²) >= 11 is 0. The van der Waals surface area contributed by atoms with Crippen LogP contribution in [0.1, 0.15) is 79.6 Å². The number of ether oxygens (including phenoxy) is 1. The highest BCUT2D eigenvalue weighted by Gasteiger charge is 2.70. The molecule has 0 amide bonds. The molecule has 38 heavy (non-hydrogen) atoms. The molecule has 0 aromatic heterocycles. The van der Waals surface area contributed by atoms with E-state index in [1.165, 1.54) is 6.92 Å². The van der Waals surface area contributed by atoms with Crippen LogP contribution in [-0.4, -0.2) is 83.6 Å². The number of aliphatic hydroxyl groups is 6. The van der Waals surface area contributed by atoms with Gasteiger partial charge in [0.15, 0.2) is 11.9 Å². The average molecular weight is 537 g/mol. The van der Waals surface area contributed by atoms with Gasteiger partial charge in [0.25, 0.3) is 0 Å². The van der Waals surface area contributed by atoms with E-state index in [4.69, 9.17) is 4.74 Å². The fraction of sp³-hybridized carbons (Fsp3) is 0.862. The number of ketones is 1. The molecule has 0 aromatic rings. The van der Waals surface area contributed by atoms with Crippen molar-refractivity contribution in [3.05, 3.63) is 11.6 Å². The SMILES string of the molecule is CCC1(O)C(C)C(=O)OC1C(O)[C@](C)(O)[C@H]1CC[C@@]2(O)C3=CC(=O)[C@@H]4C[C@@H](O)[C@@H](O)C[C@]4(C)[C@H]3CC[C@]12C. The second-order valence-electron chi connectivity index (χ2n) is 13.7. The number of esters is 1. The van der Waals surface area contributed by atoms with Gasteiger partial charge in [0.1, 0.15) is 11.7 Å². The van der Waals surface area contributed by atoms with Gasteiger partial charge in [-0.05, 0) is 87.7 Å². The lowest BCUT2D eigenvalue weighted by Crippen LogP contribution is -2.65. The van der Waals surface area contributed by atoms with Crippen LogP contribution in [0.4, 0.5) is 0 Å². The second-order valence-corrected chi connectivity index (χ2v) is 13.7. The minimum Gasteiger partial charge on any atom is -0.456 e. The van der Waals surface area contributed by atoms with Crippen LogP contribution in [0, 0.1) is 34.5 Å². The summed E-state index contributed by atoms with van der Waals surface area (Å²) in [4.78, 5) is 25.7. The first-order valence-corrected chi connectivity index (χ1v) is 14.2. The van der Waals surface area contributed by atoms with Gasteiger partial charge in [-0.2, -0.15) is 0 Å². The van der Waals surface area contributed by atoms with Crippen LogP contribution < -0.4 is 0 Å². The predicted molar refractivity (Wildman–Crippen MR) is 135 cm³/mol. The van der Waals surface area contributed by atoms with Gasteiger partial charge < -0.3 is 35.4 Å². The van der Waals surface area contributed by atoms with Crippen LogP contribution in [-0.2, 0) is 14.3 Å². The Kier molecular flexibility index (Phi) is 6.36. The molecule has 9 heteroatoms. The van der Waals surface area contributed by atoms with Gasteiger partial charge in [0.05, 0.1) is 29.3 Å². The van der Waals surface area contributed by atoms with E-state index < -0.39 is 75.8 Å². The lowest BCUT2D eigenvalue weighted by molar-refractivity contribution is -0.211. The number of hydrogen-bond donors (Lipinski definition) is 6. The molecule has 0 spiro atoms. The molecule has 0 aromatic carbocycles. The van der Waals surface area contributed by atoms with Gasteiger partial charge in [-0.3, -0.25) is 9.59 Å². The fourth-order valence-electron chi connectivity index (χ4n) is 9.45. The molecule has 9 nitrogen and oxygen atoms in total. The summed E-state index contributed by atoms with van der Waals surface area (Å²) < 4.78 is 5.41. The molecule has 0 radical (unpaired) electrons. The molecule has 5 aliphatic rings. The Labute approximate surface area is 223 Å². The molecule has 214 valence electrons. The van der Waals surface area contributed by atoms with Crippen molar-refractivity contribution in [1.82, 2.24) is 0 Å². The topological polar surface area (TPSA) is 165 Å². The first-order chi connectivity index (χ1) is 17.5. The van der Waals surface area contributed by atoms with Crippen molar-refractivity contribution in [2.45, 2.75) is 121 Å². The zero-order valence-electron chi connectivity index (χ0n) is 23.1. The molecule has 3 saturated carbocycles. The number of carbonyl (C=O) groups excluding carboxylic acids is 2. The molecule has 1 heterocycles. The summed E-state index contributed by atoms with van der Waals surface area (Å²) in [6.07, 6.45) is -0.894. The number of allylic oxidation sites excluding steroid dienone is 1.